The van der Waals surface area contributed by atoms with Crippen LogP contribution in [0, 0.1) is 0 Å². The van der Waals surface area contributed by atoms with Gasteiger partial charge in [0.15, 0.2) is 0 Å². The molecule has 0 aromatic heterocycles. The summed E-state index contributed by atoms with van der Waals surface area (Å²) in [5.74, 6) is -2.31. The molecule has 0 aromatic carbocycles. The second kappa shape index (κ2) is 3.01. The van der Waals surface area contributed by atoms with E-state index in [1.807, 2.05) is 0 Å². The lowest BCUT2D eigenvalue weighted by molar-refractivity contribution is -0.145. The van der Waals surface area contributed by atoms with Gasteiger partial charge >= 0.3 is 11.9 Å². The minimum Gasteiger partial charge on any atom is -0.481 e. The lowest BCUT2D eigenvalue weighted by atomic mass is 10.1. The number of rotatable bonds is 3. The molecular formula is C5H7BrO4. The van der Waals surface area contributed by atoms with E-state index >= 15 is 0 Å². The molecule has 1 unspecified atom stereocenters. The van der Waals surface area contributed by atoms with E-state index in [-0.39, 0.29) is 0 Å². The molecule has 0 radical (unpaired) electrons. The molecule has 0 aliphatic carbocycles. The molecule has 0 aromatic rings. The number of halogens is 1. The van der Waals surface area contributed by atoms with Crippen molar-refractivity contribution in [3.05, 3.63) is 0 Å². The van der Waals surface area contributed by atoms with Gasteiger partial charge in [-0.15, -0.1) is 0 Å². The molecule has 58 valence electrons. The maximum Gasteiger partial charge on any atom is 0.320 e. The maximum atomic E-state index is 10.2. The molecule has 4 nitrogen and oxygen atoms in total. The first-order valence-corrected chi connectivity index (χ1v) is 3.29. The number of alkyl halides is 1. The highest BCUT2D eigenvalue weighted by molar-refractivity contribution is 9.10. The van der Waals surface area contributed by atoms with Gasteiger partial charge in [-0.05, 0) is 6.92 Å². The monoisotopic (exact) mass is 210 g/mol. The Hall–Kier alpha value is -0.580. The Morgan fingerprint density at radius 3 is 2.00 bits per heavy atom. The molecule has 0 fully saturated rings. The smallest absolute Gasteiger partial charge is 0.320 e. The van der Waals surface area contributed by atoms with Crippen molar-refractivity contribution in [2.24, 2.45) is 0 Å². The second-order valence-corrected chi connectivity index (χ2v) is 3.82. The fraction of sp³-hybridized carbons (Fsp3) is 0.600. The van der Waals surface area contributed by atoms with Crippen LogP contribution < -0.4 is 0 Å². The van der Waals surface area contributed by atoms with Crippen molar-refractivity contribution >= 4 is 27.9 Å². The second-order valence-electron chi connectivity index (χ2n) is 2.07. The van der Waals surface area contributed by atoms with Gasteiger partial charge in [0, 0.05) is 0 Å². The van der Waals surface area contributed by atoms with Crippen molar-refractivity contribution in [3.8, 4) is 0 Å². The third-order valence-electron chi connectivity index (χ3n) is 0.929. The topological polar surface area (TPSA) is 74.6 Å². The Labute approximate surface area is 66.0 Å². The van der Waals surface area contributed by atoms with Gasteiger partial charge in [0.25, 0.3) is 0 Å². The van der Waals surface area contributed by atoms with Gasteiger partial charge in [-0.3, -0.25) is 9.59 Å². The van der Waals surface area contributed by atoms with E-state index in [1.54, 1.807) is 0 Å². The molecule has 0 aliphatic rings. The quantitative estimate of drug-likeness (QED) is 0.673. The standard InChI is InChI=1S/C5H7BrO4/c1-5(6,4(9)10)2-3(7)8/h2H2,1H3,(H,7,8)(H,9,10). The average molecular weight is 211 g/mol. The zero-order valence-corrected chi connectivity index (χ0v) is 6.88. The first kappa shape index (κ1) is 9.42. The van der Waals surface area contributed by atoms with Crippen LogP contribution in [0.4, 0.5) is 0 Å². The summed E-state index contributed by atoms with van der Waals surface area (Å²) < 4.78 is -1.35. The summed E-state index contributed by atoms with van der Waals surface area (Å²) in [5, 5.41) is 16.6. The zero-order chi connectivity index (χ0) is 8.36. The molecule has 2 N–H and O–H groups in total. The summed E-state index contributed by atoms with van der Waals surface area (Å²) in [4.78, 5) is 20.3. The molecule has 0 bridgehead atoms. The van der Waals surface area contributed by atoms with Crippen LogP contribution in [0.3, 0.4) is 0 Å². The molecule has 0 spiro atoms. The van der Waals surface area contributed by atoms with E-state index in [0.29, 0.717) is 0 Å². The summed E-state index contributed by atoms with van der Waals surface area (Å²) in [6.45, 7) is 1.30. The molecule has 0 amide bonds. The third-order valence-corrected chi connectivity index (χ3v) is 1.55. The Morgan fingerprint density at radius 2 is 1.90 bits per heavy atom. The van der Waals surface area contributed by atoms with Gasteiger partial charge in [0.05, 0.1) is 6.42 Å². The van der Waals surface area contributed by atoms with Crippen LogP contribution >= 0.6 is 15.9 Å². The van der Waals surface area contributed by atoms with Gasteiger partial charge < -0.3 is 10.2 Å². The Morgan fingerprint density at radius 1 is 1.50 bits per heavy atom. The van der Waals surface area contributed by atoms with Crippen LogP contribution in [0.25, 0.3) is 0 Å². The van der Waals surface area contributed by atoms with Gasteiger partial charge in [-0.2, -0.15) is 0 Å². The maximum absolute atomic E-state index is 10.2. The van der Waals surface area contributed by atoms with Crippen molar-refractivity contribution in [1.82, 2.24) is 0 Å². The molecule has 0 aliphatic heterocycles. The van der Waals surface area contributed by atoms with Crippen molar-refractivity contribution in [1.29, 1.82) is 0 Å². The van der Waals surface area contributed by atoms with Gasteiger partial charge in [0.2, 0.25) is 0 Å². The van der Waals surface area contributed by atoms with Crippen LogP contribution in [0.2, 0.25) is 0 Å². The minimum absolute atomic E-state index is 0.428. The summed E-state index contributed by atoms with van der Waals surface area (Å²) in [5.41, 5.74) is 0. The molecule has 0 saturated heterocycles. The van der Waals surface area contributed by atoms with Crippen molar-refractivity contribution in [3.63, 3.8) is 0 Å². The summed E-state index contributed by atoms with van der Waals surface area (Å²) in [7, 11) is 0. The van der Waals surface area contributed by atoms with Crippen LogP contribution in [-0.4, -0.2) is 26.5 Å². The summed E-state index contributed by atoms with van der Waals surface area (Å²) in [6.07, 6.45) is -0.428. The lowest BCUT2D eigenvalue weighted by Gasteiger charge is -2.12. The van der Waals surface area contributed by atoms with Crippen LogP contribution in [0.5, 0.6) is 0 Å². The van der Waals surface area contributed by atoms with Gasteiger partial charge in [0.1, 0.15) is 4.32 Å². The normalized spacial score (nSPS) is 15.8. The van der Waals surface area contributed by atoms with Crippen molar-refractivity contribution in [2.45, 2.75) is 17.7 Å². The number of carboxylic acids is 2. The minimum atomic E-state index is -1.35. The van der Waals surface area contributed by atoms with Gasteiger partial charge in [-0.1, -0.05) is 15.9 Å². The predicted octanol–water partition coefficient (Wildman–Crippen LogP) is 0.699. The number of hydrogen-bond acceptors (Lipinski definition) is 2. The summed E-state index contributed by atoms with van der Waals surface area (Å²) >= 11 is 2.77. The molecule has 10 heavy (non-hydrogen) atoms. The highest BCUT2D eigenvalue weighted by atomic mass is 79.9. The van der Waals surface area contributed by atoms with Gasteiger partial charge in [-0.25, -0.2) is 0 Å². The highest BCUT2D eigenvalue weighted by Crippen LogP contribution is 2.21. The van der Waals surface area contributed by atoms with E-state index in [9.17, 15) is 9.59 Å². The molecule has 0 heterocycles. The fourth-order valence-electron chi connectivity index (χ4n) is 0.360. The van der Waals surface area contributed by atoms with E-state index in [1.165, 1.54) is 6.92 Å². The van der Waals surface area contributed by atoms with Crippen LogP contribution in [-0.2, 0) is 9.59 Å². The first-order valence-electron chi connectivity index (χ1n) is 2.50. The number of carbonyl (C=O) groups is 2. The van der Waals surface area contributed by atoms with E-state index in [2.05, 4.69) is 15.9 Å². The Bertz CT molecular complexity index is 163. The third kappa shape index (κ3) is 2.82. The van der Waals surface area contributed by atoms with Crippen LogP contribution in [0.15, 0.2) is 0 Å². The summed E-state index contributed by atoms with van der Waals surface area (Å²) in [6, 6.07) is 0. The molecule has 5 heteroatoms. The first-order chi connectivity index (χ1) is 4.36. The highest BCUT2D eigenvalue weighted by Gasteiger charge is 2.32. The predicted molar refractivity (Wildman–Crippen MR) is 37.2 cm³/mol. The molecule has 0 rings (SSSR count). The largest absolute Gasteiger partial charge is 0.481 e. The number of hydrogen-bond donors (Lipinski definition) is 2. The molecular weight excluding hydrogens is 204 g/mol. The van der Waals surface area contributed by atoms with Crippen LogP contribution in [0.1, 0.15) is 13.3 Å². The number of carboxylic acid groups (broad SMARTS) is 2. The van der Waals surface area contributed by atoms with E-state index in [4.69, 9.17) is 10.2 Å². The number of aliphatic carboxylic acids is 2. The Kier molecular flexibility index (Phi) is 2.83. The average Bonchev–Trinajstić information content (AvgIpc) is 1.60. The zero-order valence-electron chi connectivity index (χ0n) is 5.30. The molecule has 1 atom stereocenters. The molecule has 0 saturated carbocycles. The van der Waals surface area contributed by atoms with Crippen molar-refractivity contribution in [2.75, 3.05) is 0 Å². The SMILES string of the molecule is CC(Br)(CC(=O)O)C(=O)O. The fourth-order valence-corrected chi connectivity index (χ4v) is 0.599. The Balaban J connectivity index is 4.13. The van der Waals surface area contributed by atoms with E-state index in [0.717, 1.165) is 0 Å². The van der Waals surface area contributed by atoms with E-state index < -0.39 is 22.7 Å². The lowest BCUT2D eigenvalue weighted by Crippen LogP contribution is -2.30. The van der Waals surface area contributed by atoms with Crippen molar-refractivity contribution < 1.29 is 19.8 Å².